The second-order valence-corrected chi connectivity index (χ2v) is 3.69. The Kier molecular flexibility index (Phi) is 17.4. The van der Waals surface area contributed by atoms with Gasteiger partial charge in [0.1, 0.15) is 0 Å². The molecule has 0 spiro atoms. The molecule has 0 aliphatic carbocycles. The van der Waals surface area contributed by atoms with Gasteiger partial charge in [-0.3, -0.25) is 0 Å². The van der Waals surface area contributed by atoms with Crippen LogP contribution in [0.25, 0.3) is 0 Å². The van der Waals surface area contributed by atoms with Gasteiger partial charge in [-0.1, -0.05) is 0 Å². The molecule has 0 heterocycles. The molecule has 2 atom stereocenters. The van der Waals surface area contributed by atoms with Gasteiger partial charge in [0, 0.05) is 24.8 Å². The number of esters is 2. The van der Waals surface area contributed by atoms with Gasteiger partial charge in [-0.05, 0) is 13.8 Å². The second-order valence-electron chi connectivity index (χ2n) is 3.69. The largest absolute Gasteiger partial charge is 2.00 e. The molecule has 2 unspecified atom stereocenters. The molecule has 134 valence electrons. The van der Waals surface area contributed by atoms with Crippen LogP contribution < -0.4 is 10.2 Å². The van der Waals surface area contributed by atoms with Crippen molar-refractivity contribution < 1.29 is 66.1 Å². The fraction of sp³-hybridized carbons (Fsp3) is 0.667. The van der Waals surface area contributed by atoms with Crippen molar-refractivity contribution in [2.75, 3.05) is 13.2 Å². The number of ether oxygens (including phenoxy) is 2. The van der Waals surface area contributed by atoms with E-state index in [0.717, 1.165) is 0 Å². The molecule has 0 amide bonds. The number of hydrogen-bond acceptors (Lipinski definition) is 10. The number of carboxylic acids is 2. The third-order valence-corrected chi connectivity index (χ3v) is 1.84. The van der Waals surface area contributed by atoms with Gasteiger partial charge in [0.15, 0.2) is 12.2 Å². The Hall–Kier alpha value is -1.68. The van der Waals surface area contributed by atoms with Gasteiger partial charge in [0.2, 0.25) is 0 Å². The zero-order chi connectivity index (χ0) is 17.7. The van der Waals surface area contributed by atoms with E-state index in [1.807, 2.05) is 0 Å². The van der Waals surface area contributed by atoms with Crippen molar-refractivity contribution in [3.8, 4) is 0 Å². The number of rotatable bonds is 8. The van der Waals surface area contributed by atoms with Crippen molar-refractivity contribution in [3.05, 3.63) is 0 Å². The van der Waals surface area contributed by atoms with E-state index in [4.69, 9.17) is 10.2 Å². The van der Waals surface area contributed by atoms with Crippen LogP contribution in [0.3, 0.4) is 0 Å². The molecule has 0 radical (unpaired) electrons. The Morgan fingerprint density at radius 1 is 0.826 bits per heavy atom. The molecule has 0 aromatic heterocycles. The van der Waals surface area contributed by atoms with Gasteiger partial charge in [0.05, 0.1) is 13.2 Å². The van der Waals surface area contributed by atoms with E-state index in [1.54, 1.807) is 13.8 Å². The topological polar surface area (TPSA) is 173 Å². The second kappa shape index (κ2) is 15.2. The summed E-state index contributed by atoms with van der Waals surface area (Å²) in [7, 11) is 0. The molecular formula is C12H18FeO10. The number of carboxylic acid groups (broad SMARTS) is 2. The normalized spacial score (nSPS) is 11.7. The van der Waals surface area contributed by atoms with Gasteiger partial charge < -0.3 is 39.5 Å². The molecule has 0 fully saturated rings. The zero-order valence-corrected chi connectivity index (χ0v) is 13.6. The van der Waals surface area contributed by atoms with Crippen LogP contribution in [-0.2, 0) is 45.7 Å². The minimum atomic E-state index is -1.61. The number of aliphatic hydroxyl groups excluding tert-OH is 2. The molecular weight excluding hydrogens is 360 g/mol. The van der Waals surface area contributed by atoms with E-state index in [2.05, 4.69) is 9.47 Å². The minimum absolute atomic E-state index is 0. The Balaban J connectivity index is -0.000000333. The average Bonchev–Trinajstić information content (AvgIpc) is 2.38. The summed E-state index contributed by atoms with van der Waals surface area (Å²) in [5, 5.41) is 37.1. The molecule has 0 saturated carbocycles. The Morgan fingerprint density at radius 2 is 1.09 bits per heavy atom. The number of hydrogen-bond donors (Lipinski definition) is 2. The van der Waals surface area contributed by atoms with Crippen LogP contribution in [0.2, 0.25) is 0 Å². The minimum Gasteiger partial charge on any atom is -0.550 e. The number of aliphatic carboxylic acids is 2. The summed E-state index contributed by atoms with van der Waals surface area (Å²) in [5.74, 6) is -4.83. The molecule has 0 bridgehead atoms. The van der Waals surface area contributed by atoms with Crippen molar-refractivity contribution >= 4 is 23.9 Å². The predicted octanol–water partition coefficient (Wildman–Crippen LogP) is -3.90. The van der Waals surface area contributed by atoms with Crippen LogP contribution in [0.1, 0.15) is 26.7 Å². The predicted molar refractivity (Wildman–Crippen MR) is 64.5 cm³/mol. The maximum absolute atomic E-state index is 10.5. The Labute approximate surface area is 142 Å². The molecule has 2 N–H and O–H groups in total. The van der Waals surface area contributed by atoms with Crippen molar-refractivity contribution in [2.45, 2.75) is 38.9 Å². The van der Waals surface area contributed by atoms with E-state index >= 15 is 0 Å². The number of carbonyl (C=O) groups excluding carboxylic acids is 4. The summed E-state index contributed by atoms with van der Waals surface area (Å²) in [5.41, 5.74) is 0. The molecule has 0 aliphatic heterocycles. The smallest absolute Gasteiger partial charge is 0.550 e. The van der Waals surface area contributed by atoms with E-state index in [-0.39, 0.29) is 30.3 Å². The van der Waals surface area contributed by atoms with Crippen molar-refractivity contribution in [1.29, 1.82) is 0 Å². The fourth-order valence-electron chi connectivity index (χ4n) is 0.959. The monoisotopic (exact) mass is 378 g/mol. The maximum atomic E-state index is 10.5. The third-order valence-electron chi connectivity index (χ3n) is 1.84. The molecule has 11 heteroatoms. The van der Waals surface area contributed by atoms with E-state index in [1.165, 1.54) is 0 Å². The summed E-state index contributed by atoms with van der Waals surface area (Å²) in [6, 6.07) is 0. The van der Waals surface area contributed by atoms with Crippen LogP contribution in [-0.4, -0.2) is 59.5 Å². The summed E-state index contributed by atoms with van der Waals surface area (Å²) in [6.07, 6.45) is -4.67. The van der Waals surface area contributed by atoms with Crippen LogP contribution >= 0.6 is 0 Å². The van der Waals surface area contributed by atoms with Crippen molar-refractivity contribution in [2.24, 2.45) is 0 Å². The van der Waals surface area contributed by atoms with Gasteiger partial charge in [-0.2, -0.15) is 0 Å². The van der Waals surface area contributed by atoms with Crippen LogP contribution in [0.4, 0.5) is 0 Å². The molecule has 0 aromatic rings. The van der Waals surface area contributed by atoms with Crippen molar-refractivity contribution in [3.63, 3.8) is 0 Å². The summed E-state index contributed by atoms with van der Waals surface area (Å²) in [4.78, 5) is 40.7. The molecule has 0 saturated heterocycles. The molecule has 0 aromatic carbocycles. The standard InChI is InChI=1S/2C6H10O5.Fe/c2*1-2-11-6(10)4(7)3-5(8)9;/h2*4,7H,2-3H2,1H3,(H,8,9);/q;;+2/p-2. The Bertz CT molecular complexity index is 348. The zero-order valence-electron chi connectivity index (χ0n) is 12.5. The summed E-state index contributed by atoms with van der Waals surface area (Å²) >= 11 is 0. The van der Waals surface area contributed by atoms with Crippen LogP contribution in [0.15, 0.2) is 0 Å². The van der Waals surface area contributed by atoms with Gasteiger partial charge in [0.25, 0.3) is 0 Å². The number of aliphatic hydroxyl groups is 2. The third kappa shape index (κ3) is 16.5. The first-order valence-electron chi connectivity index (χ1n) is 6.24. The fourth-order valence-corrected chi connectivity index (χ4v) is 0.959. The van der Waals surface area contributed by atoms with Crippen LogP contribution in [0.5, 0.6) is 0 Å². The van der Waals surface area contributed by atoms with Crippen LogP contribution in [0, 0.1) is 0 Å². The quantitative estimate of drug-likeness (QED) is 0.314. The first kappa shape index (κ1) is 26.2. The van der Waals surface area contributed by atoms with Gasteiger partial charge in [-0.15, -0.1) is 0 Å². The first-order valence-corrected chi connectivity index (χ1v) is 6.24. The SMILES string of the molecule is CCOC(=O)C(O)CC(=O)[O-].CCOC(=O)C(O)CC(=O)[O-].[Fe+2]. The summed E-state index contributed by atoms with van der Waals surface area (Å²) in [6.45, 7) is 3.35. The first-order chi connectivity index (χ1) is 10.1. The van der Waals surface area contributed by atoms with Gasteiger partial charge in [-0.25, -0.2) is 9.59 Å². The Morgan fingerprint density at radius 3 is 1.26 bits per heavy atom. The molecule has 10 nitrogen and oxygen atoms in total. The molecule has 23 heavy (non-hydrogen) atoms. The van der Waals surface area contributed by atoms with E-state index < -0.39 is 48.9 Å². The van der Waals surface area contributed by atoms with Gasteiger partial charge >= 0.3 is 29.0 Å². The molecule has 0 rings (SSSR count). The number of carbonyl (C=O) groups is 4. The summed E-state index contributed by atoms with van der Waals surface area (Å²) < 4.78 is 8.65. The maximum Gasteiger partial charge on any atom is 2.00 e. The molecule has 0 aliphatic rings. The average molecular weight is 378 g/mol. The van der Waals surface area contributed by atoms with E-state index in [0.29, 0.717) is 0 Å². The van der Waals surface area contributed by atoms with Crippen molar-refractivity contribution in [1.82, 2.24) is 0 Å². The van der Waals surface area contributed by atoms with E-state index in [9.17, 15) is 29.4 Å².